The third-order valence-electron chi connectivity index (χ3n) is 3.33. The van der Waals surface area contributed by atoms with Crippen molar-refractivity contribution >= 4 is 11.9 Å². The van der Waals surface area contributed by atoms with Crippen molar-refractivity contribution in [2.45, 2.75) is 32.3 Å². The highest BCUT2D eigenvalue weighted by Crippen LogP contribution is 2.26. The molecule has 1 aliphatic rings. The molecule has 2 N–H and O–H groups in total. The fourth-order valence-corrected chi connectivity index (χ4v) is 1.88. The quantitative estimate of drug-likeness (QED) is 0.724. The second kappa shape index (κ2) is 6.00. The van der Waals surface area contributed by atoms with E-state index in [1.54, 1.807) is 7.11 Å². The first-order chi connectivity index (χ1) is 8.37. The van der Waals surface area contributed by atoms with Crippen LogP contribution >= 0.6 is 0 Å². The second-order valence-electron chi connectivity index (χ2n) is 5.18. The molecule has 0 radical (unpaired) electrons. The van der Waals surface area contributed by atoms with Crippen LogP contribution in [0, 0.1) is 11.8 Å². The minimum Gasteiger partial charge on any atom is -0.481 e. The van der Waals surface area contributed by atoms with E-state index in [0.29, 0.717) is 19.4 Å². The van der Waals surface area contributed by atoms with Crippen LogP contribution in [0.5, 0.6) is 0 Å². The van der Waals surface area contributed by atoms with Gasteiger partial charge in [0, 0.05) is 13.7 Å². The number of ether oxygens (including phenoxy) is 1. The van der Waals surface area contributed by atoms with Crippen LogP contribution in [0.3, 0.4) is 0 Å². The lowest BCUT2D eigenvalue weighted by molar-refractivity contribution is -0.147. The van der Waals surface area contributed by atoms with Crippen LogP contribution in [0.15, 0.2) is 12.2 Å². The van der Waals surface area contributed by atoms with Crippen LogP contribution in [0.2, 0.25) is 0 Å². The third-order valence-corrected chi connectivity index (χ3v) is 3.33. The predicted molar refractivity (Wildman–Crippen MR) is 67.1 cm³/mol. The first-order valence-electron chi connectivity index (χ1n) is 6.08. The maximum Gasteiger partial charge on any atom is 0.307 e. The first-order valence-corrected chi connectivity index (χ1v) is 6.08. The highest BCUT2D eigenvalue weighted by molar-refractivity contribution is 5.85. The Morgan fingerprint density at radius 2 is 1.89 bits per heavy atom. The maximum atomic E-state index is 12.0. The third kappa shape index (κ3) is 3.84. The van der Waals surface area contributed by atoms with Gasteiger partial charge in [-0.1, -0.05) is 12.2 Å². The van der Waals surface area contributed by atoms with E-state index in [4.69, 9.17) is 9.84 Å². The van der Waals surface area contributed by atoms with Crippen LogP contribution < -0.4 is 5.32 Å². The van der Waals surface area contributed by atoms with Gasteiger partial charge in [0.05, 0.1) is 17.4 Å². The van der Waals surface area contributed by atoms with Gasteiger partial charge in [-0.05, 0) is 26.7 Å². The summed E-state index contributed by atoms with van der Waals surface area (Å²) in [4.78, 5) is 23.1. The zero-order valence-electron chi connectivity index (χ0n) is 11.1. The molecule has 0 heterocycles. The van der Waals surface area contributed by atoms with E-state index < -0.39 is 23.4 Å². The first kappa shape index (κ1) is 14.7. The summed E-state index contributed by atoms with van der Waals surface area (Å²) in [5, 5.41) is 11.9. The van der Waals surface area contributed by atoms with Crippen molar-refractivity contribution in [3.8, 4) is 0 Å². The van der Waals surface area contributed by atoms with Crippen LogP contribution in [-0.2, 0) is 14.3 Å². The lowest BCUT2D eigenvalue weighted by Gasteiger charge is -2.27. The molecule has 2 atom stereocenters. The number of nitrogens with one attached hydrogen (secondary N) is 1. The number of carboxylic acids is 1. The van der Waals surface area contributed by atoms with Gasteiger partial charge in [-0.3, -0.25) is 9.59 Å². The number of carboxylic acid groups (broad SMARTS) is 1. The average Bonchev–Trinajstić information content (AvgIpc) is 2.36. The Labute approximate surface area is 107 Å². The Kier molecular flexibility index (Phi) is 4.90. The van der Waals surface area contributed by atoms with E-state index in [9.17, 15) is 9.59 Å². The Morgan fingerprint density at radius 3 is 2.39 bits per heavy atom. The Balaban J connectivity index is 2.60. The van der Waals surface area contributed by atoms with Gasteiger partial charge in [0.15, 0.2) is 0 Å². The highest BCUT2D eigenvalue weighted by Gasteiger charge is 2.34. The topological polar surface area (TPSA) is 75.6 Å². The molecule has 18 heavy (non-hydrogen) atoms. The highest BCUT2D eigenvalue weighted by atomic mass is 16.5. The van der Waals surface area contributed by atoms with Gasteiger partial charge in [-0.2, -0.15) is 0 Å². The number of allylic oxidation sites excluding steroid dienone is 2. The molecule has 102 valence electrons. The van der Waals surface area contributed by atoms with Crippen LogP contribution in [0.25, 0.3) is 0 Å². The minimum absolute atomic E-state index is 0.211. The van der Waals surface area contributed by atoms with Gasteiger partial charge < -0.3 is 15.2 Å². The Bertz CT molecular complexity index is 349. The molecule has 5 heteroatoms. The molecule has 0 aromatic heterocycles. The zero-order chi connectivity index (χ0) is 13.8. The van der Waals surface area contributed by atoms with Crippen LogP contribution in [0.1, 0.15) is 26.7 Å². The van der Waals surface area contributed by atoms with Crippen molar-refractivity contribution in [2.75, 3.05) is 13.7 Å². The van der Waals surface area contributed by atoms with Gasteiger partial charge >= 0.3 is 5.97 Å². The summed E-state index contributed by atoms with van der Waals surface area (Å²) in [6.45, 7) is 4.10. The average molecular weight is 255 g/mol. The monoisotopic (exact) mass is 255 g/mol. The number of methoxy groups -OCH3 is 1. The zero-order valence-corrected chi connectivity index (χ0v) is 11.1. The summed E-state index contributed by atoms with van der Waals surface area (Å²) in [7, 11) is 1.58. The van der Waals surface area contributed by atoms with Gasteiger partial charge in [0.1, 0.15) is 0 Å². The maximum absolute atomic E-state index is 12.0. The van der Waals surface area contributed by atoms with Gasteiger partial charge in [0.2, 0.25) is 5.91 Å². The summed E-state index contributed by atoms with van der Waals surface area (Å²) in [6.07, 6.45) is 4.59. The summed E-state index contributed by atoms with van der Waals surface area (Å²) in [5.41, 5.74) is -0.446. The predicted octanol–water partition coefficient (Wildman–Crippen LogP) is 1.19. The molecule has 0 bridgehead atoms. The summed E-state index contributed by atoms with van der Waals surface area (Å²) in [5.74, 6) is -2.23. The van der Waals surface area contributed by atoms with Crippen molar-refractivity contribution in [3.63, 3.8) is 0 Å². The molecule has 1 rings (SSSR count). The van der Waals surface area contributed by atoms with Gasteiger partial charge in [-0.15, -0.1) is 0 Å². The van der Waals surface area contributed by atoms with E-state index >= 15 is 0 Å². The molecule has 0 aromatic rings. The fraction of sp³-hybridized carbons (Fsp3) is 0.692. The van der Waals surface area contributed by atoms with E-state index in [-0.39, 0.29) is 5.91 Å². The SMILES string of the molecule is COC(C)(C)CNC(=O)C1CC=CCC1C(=O)O. The molecule has 5 nitrogen and oxygen atoms in total. The van der Waals surface area contributed by atoms with Gasteiger partial charge in [0.25, 0.3) is 0 Å². The van der Waals surface area contributed by atoms with E-state index in [1.165, 1.54) is 0 Å². The van der Waals surface area contributed by atoms with Crippen molar-refractivity contribution in [1.82, 2.24) is 5.32 Å². The Morgan fingerprint density at radius 1 is 1.33 bits per heavy atom. The minimum atomic E-state index is -0.912. The number of amides is 1. The molecule has 0 spiro atoms. The van der Waals surface area contributed by atoms with Crippen LogP contribution in [0.4, 0.5) is 0 Å². The molecule has 0 saturated heterocycles. The van der Waals surface area contributed by atoms with Crippen LogP contribution in [-0.4, -0.2) is 36.2 Å². The summed E-state index contributed by atoms with van der Waals surface area (Å²) < 4.78 is 5.20. The van der Waals surface area contributed by atoms with Crippen molar-refractivity contribution < 1.29 is 19.4 Å². The molecular formula is C13H21NO4. The van der Waals surface area contributed by atoms with E-state index in [1.807, 2.05) is 26.0 Å². The Hall–Kier alpha value is -1.36. The lowest BCUT2D eigenvalue weighted by Crippen LogP contribution is -2.45. The fourth-order valence-electron chi connectivity index (χ4n) is 1.88. The van der Waals surface area contributed by atoms with Crippen molar-refractivity contribution in [2.24, 2.45) is 11.8 Å². The van der Waals surface area contributed by atoms with Gasteiger partial charge in [-0.25, -0.2) is 0 Å². The molecule has 0 saturated carbocycles. The molecule has 1 aliphatic carbocycles. The van der Waals surface area contributed by atoms with Crippen molar-refractivity contribution in [1.29, 1.82) is 0 Å². The molecular weight excluding hydrogens is 234 g/mol. The number of carbonyl (C=O) groups excluding carboxylic acids is 1. The number of hydrogen-bond donors (Lipinski definition) is 2. The molecule has 0 aliphatic heterocycles. The number of hydrogen-bond acceptors (Lipinski definition) is 3. The largest absolute Gasteiger partial charge is 0.481 e. The number of aliphatic carboxylic acids is 1. The van der Waals surface area contributed by atoms with E-state index in [0.717, 1.165) is 0 Å². The standard InChI is InChI=1S/C13H21NO4/c1-13(2,18-3)8-14-11(15)9-6-4-5-7-10(9)12(16)17/h4-5,9-10H,6-8H2,1-3H3,(H,14,15)(H,16,17). The molecule has 1 amide bonds. The number of carbonyl (C=O) groups is 2. The summed E-state index contributed by atoms with van der Waals surface area (Å²) >= 11 is 0. The number of rotatable bonds is 5. The lowest BCUT2D eigenvalue weighted by atomic mass is 9.82. The van der Waals surface area contributed by atoms with Crippen molar-refractivity contribution in [3.05, 3.63) is 12.2 Å². The smallest absolute Gasteiger partial charge is 0.307 e. The second-order valence-corrected chi connectivity index (χ2v) is 5.18. The molecule has 2 unspecified atom stereocenters. The molecule has 0 fully saturated rings. The van der Waals surface area contributed by atoms with E-state index in [2.05, 4.69) is 5.32 Å². The summed E-state index contributed by atoms with van der Waals surface area (Å²) in [6, 6.07) is 0. The molecule has 0 aromatic carbocycles. The normalized spacial score (nSPS) is 23.7.